The van der Waals surface area contributed by atoms with Crippen molar-refractivity contribution in [1.82, 2.24) is 15.2 Å². The van der Waals surface area contributed by atoms with Crippen LogP contribution in [0.25, 0.3) is 10.2 Å². The van der Waals surface area contributed by atoms with Gasteiger partial charge in [0.25, 0.3) is 5.91 Å². The van der Waals surface area contributed by atoms with Gasteiger partial charge in [-0.15, -0.1) is 0 Å². The van der Waals surface area contributed by atoms with E-state index in [2.05, 4.69) is 46.4 Å². The van der Waals surface area contributed by atoms with Crippen LogP contribution >= 0.6 is 11.3 Å². The molecule has 4 rings (SSSR count). The molecule has 1 atom stereocenters. The molecule has 2 aromatic carbocycles. The minimum atomic E-state index is -0.0446. The van der Waals surface area contributed by atoms with Crippen LogP contribution in [-0.2, 0) is 13.0 Å². The number of hydrogen-bond donors (Lipinski definition) is 2. The highest BCUT2D eigenvalue weighted by Gasteiger charge is 2.19. The molecule has 3 aromatic rings. The number of nitrogens with zero attached hydrogens (tertiary/aromatic N) is 2. The lowest BCUT2D eigenvalue weighted by atomic mass is 9.99. The van der Waals surface area contributed by atoms with Gasteiger partial charge in [0.2, 0.25) is 0 Å². The summed E-state index contributed by atoms with van der Waals surface area (Å²) < 4.78 is 0.956. The molecule has 1 amide bonds. The minimum absolute atomic E-state index is 0.0446. The first-order valence-corrected chi connectivity index (χ1v) is 10.1. The Hall–Kier alpha value is -2.44. The second-order valence-electron chi connectivity index (χ2n) is 7.32. The number of fused-ring (bicyclic) bond motifs is 2. The third-order valence-electron chi connectivity index (χ3n) is 5.08. The molecule has 1 aliphatic rings. The van der Waals surface area contributed by atoms with E-state index in [0.29, 0.717) is 10.7 Å². The van der Waals surface area contributed by atoms with Crippen molar-refractivity contribution in [2.24, 2.45) is 0 Å². The SMILES string of the molecule is Cc1cc(C(=O)NC(C)CN2CCc3ccccc3C2)cc2sc(N)nc12. The van der Waals surface area contributed by atoms with Crippen molar-refractivity contribution in [3.8, 4) is 0 Å². The fourth-order valence-corrected chi connectivity index (χ4v) is 4.65. The van der Waals surface area contributed by atoms with E-state index in [0.717, 1.165) is 41.8 Å². The normalized spacial score (nSPS) is 15.5. The minimum Gasteiger partial charge on any atom is -0.375 e. The van der Waals surface area contributed by atoms with Crippen LogP contribution in [0.5, 0.6) is 0 Å². The smallest absolute Gasteiger partial charge is 0.251 e. The molecule has 0 saturated carbocycles. The molecule has 0 spiro atoms. The van der Waals surface area contributed by atoms with Gasteiger partial charge in [-0.1, -0.05) is 35.6 Å². The molecule has 1 aromatic heterocycles. The van der Waals surface area contributed by atoms with E-state index in [9.17, 15) is 4.79 Å². The largest absolute Gasteiger partial charge is 0.375 e. The highest BCUT2D eigenvalue weighted by Crippen LogP contribution is 2.27. The maximum Gasteiger partial charge on any atom is 0.251 e. The van der Waals surface area contributed by atoms with E-state index in [1.807, 2.05) is 19.1 Å². The Morgan fingerprint density at radius 1 is 1.33 bits per heavy atom. The first-order chi connectivity index (χ1) is 13.0. The Balaban J connectivity index is 1.41. The second-order valence-corrected chi connectivity index (χ2v) is 8.38. The Morgan fingerprint density at radius 2 is 2.11 bits per heavy atom. The van der Waals surface area contributed by atoms with Crippen LogP contribution in [-0.4, -0.2) is 34.9 Å². The Bertz CT molecular complexity index is 997. The average molecular weight is 381 g/mol. The lowest BCUT2D eigenvalue weighted by Crippen LogP contribution is -2.43. The maximum absolute atomic E-state index is 12.7. The highest BCUT2D eigenvalue weighted by molar-refractivity contribution is 7.22. The molecular formula is C21H24N4OS. The molecule has 2 heterocycles. The molecule has 1 aliphatic heterocycles. The lowest BCUT2D eigenvalue weighted by molar-refractivity contribution is 0.0927. The second kappa shape index (κ2) is 7.29. The van der Waals surface area contributed by atoms with Crippen molar-refractivity contribution in [1.29, 1.82) is 0 Å². The summed E-state index contributed by atoms with van der Waals surface area (Å²) in [4.78, 5) is 19.5. The third-order valence-corrected chi connectivity index (χ3v) is 5.92. The number of nitrogen functional groups attached to an aromatic ring is 1. The van der Waals surface area contributed by atoms with E-state index < -0.39 is 0 Å². The number of carbonyl (C=O) groups is 1. The van der Waals surface area contributed by atoms with Gasteiger partial charge in [-0.3, -0.25) is 9.69 Å². The fraction of sp³-hybridized carbons (Fsp3) is 0.333. The summed E-state index contributed by atoms with van der Waals surface area (Å²) in [5.74, 6) is -0.0446. The van der Waals surface area contributed by atoms with Gasteiger partial charge in [0.05, 0.1) is 10.2 Å². The summed E-state index contributed by atoms with van der Waals surface area (Å²) in [6.45, 7) is 6.85. The van der Waals surface area contributed by atoms with Crippen LogP contribution in [0.15, 0.2) is 36.4 Å². The molecular weight excluding hydrogens is 356 g/mol. The van der Waals surface area contributed by atoms with Gasteiger partial charge < -0.3 is 11.1 Å². The standard InChI is InChI=1S/C21H24N4OS/c1-13-9-17(10-18-19(13)24-21(22)27-18)20(26)23-14(2)11-25-8-7-15-5-3-4-6-16(15)12-25/h3-6,9-10,14H,7-8,11-12H2,1-2H3,(H2,22,24)(H,23,26). The molecule has 5 nitrogen and oxygen atoms in total. The van der Waals surface area contributed by atoms with Gasteiger partial charge in [-0.05, 0) is 49.1 Å². The lowest BCUT2D eigenvalue weighted by Gasteiger charge is -2.31. The van der Waals surface area contributed by atoms with Gasteiger partial charge in [0.1, 0.15) is 0 Å². The Kier molecular flexibility index (Phi) is 4.85. The van der Waals surface area contributed by atoms with E-state index in [1.165, 1.54) is 22.5 Å². The van der Waals surface area contributed by atoms with Gasteiger partial charge in [-0.25, -0.2) is 4.98 Å². The zero-order chi connectivity index (χ0) is 19.0. The predicted octanol–water partition coefficient (Wildman–Crippen LogP) is 3.36. The quantitative estimate of drug-likeness (QED) is 0.728. The number of anilines is 1. The molecule has 0 fully saturated rings. The van der Waals surface area contributed by atoms with Crippen LogP contribution in [0.3, 0.4) is 0 Å². The van der Waals surface area contributed by atoms with Crippen molar-refractivity contribution in [2.45, 2.75) is 32.9 Å². The van der Waals surface area contributed by atoms with E-state index in [1.54, 1.807) is 0 Å². The summed E-state index contributed by atoms with van der Waals surface area (Å²) >= 11 is 1.42. The van der Waals surface area contributed by atoms with Crippen LogP contribution in [0.4, 0.5) is 5.13 Å². The number of carbonyl (C=O) groups excluding carboxylic acids is 1. The summed E-state index contributed by atoms with van der Waals surface area (Å²) in [7, 11) is 0. The Labute approximate surface area is 163 Å². The molecule has 0 bridgehead atoms. The van der Waals surface area contributed by atoms with Crippen molar-refractivity contribution < 1.29 is 4.79 Å². The predicted molar refractivity (Wildman–Crippen MR) is 111 cm³/mol. The number of benzene rings is 2. The number of rotatable bonds is 4. The van der Waals surface area contributed by atoms with Crippen molar-refractivity contribution in [2.75, 3.05) is 18.8 Å². The van der Waals surface area contributed by atoms with E-state index >= 15 is 0 Å². The van der Waals surface area contributed by atoms with Gasteiger partial charge in [0, 0.05) is 31.2 Å². The van der Waals surface area contributed by atoms with Crippen LogP contribution in [0.2, 0.25) is 0 Å². The van der Waals surface area contributed by atoms with Crippen molar-refractivity contribution in [3.05, 3.63) is 58.7 Å². The average Bonchev–Trinajstić information content (AvgIpc) is 3.02. The van der Waals surface area contributed by atoms with Gasteiger partial charge in [-0.2, -0.15) is 0 Å². The Morgan fingerprint density at radius 3 is 2.93 bits per heavy atom. The molecule has 6 heteroatoms. The van der Waals surface area contributed by atoms with Crippen LogP contribution in [0, 0.1) is 6.92 Å². The molecule has 0 aliphatic carbocycles. The van der Waals surface area contributed by atoms with Crippen molar-refractivity contribution >= 4 is 32.6 Å². The first-order valence-electron chi connectivity index (χ1n) is 9.26. The number of nitrogens with one attached hydrogen (secondary N) is 1. The molecule has 3 N–H and O–H groups in total. The fourth-order valence-electron chi connectivity index (χ4n) is 3.80. The summed E-state index contributed by atoms with van der Waals surface area (Å²) in [6, 6.07) is 12.5. The summed E-state index contributed by atoms with van der Waals surface area (Å²) in [5.41, 5.74) is 11.2. The zero-order valence-corrected chi connectivity index (χ0v) is 16.5. The molecule has 140 valence electrons. The highest BCUT2D eigenvalue weighted by atomic mass is 32.1. The first kappa shape index (κ1) is 17.9. The van der Waals surface area contributed by atoms with E-state index in [4.69, 9.17) is 5.73 Å². The van der Waals surface area contributed by atoms with Gasteiger partial charge >= 0.3 is 0 Å². The van der Waals surface area contributed by atoms with Gasteiger partial charge in [0.15, 0.2) is 5.13 Å². The third kappa shape index (κ3) is 3.82. The number of nitrogens with two attached hydrogens (primary N) is 1. The number of aryl methyl sites for hydroxylation is 1. The zero-order valence-electron chi connectivity index (χ0n) is 15.7. The van der Waals surface area contributed by atoms with Crippen molar-refractivity contribution in [3.63, 3.8) is 0 Å². The topological polar surface area (TPSA) is 71.2 Å². The number of hydrogen-bond acceptors (Lipinski definition) is 5. The molecule has 0 saturated heterocycles. The number of aromatic nitrogens is 1. The van der Waals surface area contributed by atoms with Crippen LogP contribution < -0.4 is 11.1 Å². The molecule has 1 unspecified atom stereocenters. The monoisotopic (exact) mass is 380 g/mol. The maximum atomic E-state index is 12.7. The molecule has 27 heavy (non-hydrogen) atoms. The number of amides is 1. The molecule has 0 radical (unpaired) electrons. The van der Waals surface area contributed by atoms with E-state index in [-0.39, 0.29) is 11.9 Å². The van der Waals surface area contributed by atoms with Crippen LogP contribution in [0.1, 0.15) is 34.0 Å². The summed E-state index contributed by atoms with van der Waals surface area (Å²) in [6.07, 6.45) is 1.07. The summed E-state index contributed by atoms with van der Waals surface area (Å²) in [5, 5.41) is 3.67. The number of thiazole rings is 1.